The number of carbonyl (C=O) groups excluding carboxylic acids is 1. The summed E-state index contributed by atoms with van der Waals surface area (Å²) in [5.74, 6) is -0.192. The van der Waals surface area contributed by atoms with E-state index in [0.717, 1.165) is 16.0 Å². The van der Waals surface area contributed by atoms with Gasteiger partial charge in [0.2, 0.25) is 5.78 Å². The number of hydrogen-bond acceptors (Lipinski definition) is 6. The zero-order valence-electron chi connectivity index (χ0n) is 15.1. The van der Waals surface area contributed by atoms with Crippen molar-refractivity contribution in [1.29, 1.82) is 0 Å². The van der Waals surface area contributed by atoms with Crippen LogP contribution in [-0.2, 0) is 29.7 Å². The molecule has 26 heavy (non-hydrogen) atoms. The third-order valence-corrected chi connectivity index (χ3v) is 4.55. The van der Waals surface area contributed by atoms with Crippen molar-refractivity contribution < 1.29 is 14.6 Å². The van der Waals surface area contributed by atoms with E-state index in [2.05, 4.69) is 4.98 Å². The van der Waals surface area contributed by atoms with Crippen LogP contribution in [-0.4, -0.2) is 47.4 Å². The molecule has 10 nitrogen and oxygen atoms in total. The molecule has 0 aliphatic rings. The molecule has 0 fully saturated rings. The van der Waals surface area contributed by atoms with Crippen LogP contribution in [0.4, 0.5) is 0 Å². The maximum Gasteiger partial charge on any atom is 0.333 e. The molecule has 10 heteroatoms. The molecule has 3 aromatic rings. The van der Waals surface area contributed by atoms with E-state index in [0.29, 0.717) is 12.3 Å². The average molecular weight is 363 g/mol. The van der Waals surface area contributed by atoms with E-state index in [-0.39, 0.29) is 24.4 Å². The molecule has 0 aromatic carbocycles. The first kappa shape index (κ1) is 17.9. The van der Waals surface area contributed by atoms with Crippen molar-refractivity contribution in [2.24, 2.45) is 7.05 Å². The average Bonchev–Trinajstić information content (AvgIpc) is 3.09. The Morgan fingerprint density at radius 3 is 2.50 bits per heavy atom. The maximum atomic E-state index is 13.0. The van der Waals surface area contributed by atoms with Gasteiger partial charge < -0.3 is 14.4 Å². The van der Waals surface area contributed by atoms with E-state index >= 15 is 0 Å². The first-order valence-corrected chi connectivity index (χ1v) is 8.27. The summed E-state index contributed by atoms with van der Waals surface area (Å²) in [5.41, 5.74) is 0.823. The molecular weight excluding hydrogens is 342 g/mol. The Kier molecular flexibility index (Phi) is 4.45. The molecule has 0 bridgehead atoms. The molecule has 0 radical (unpaired) electrons. The van der Waals surface area contributed by atoms with Gasteiger partial charge in [-0.2, -0.15) is 4.98 Å². The first-order valence-electron chi connectivity index (χ1n) is 8.27. The van der Waals surface area contributed by atoms with Crippen molar-refractivity contribution in [2.75, 3.05) is 13.2 Å². The van der Waals surface area contributed by atoms with E-state index < -0.39 is 23.8 Å². The van der Waals surface area contributed by atoms with Gasteiger partial charge >= 0.3 is 11.7 Å². The summed E-state index contributed by atoms with van der Waals surface area (Å²) in [7, 11) is 1.50. The second-order valence-corrected chi connectivity index (χ2v) is 6.00. The first-order chi connectivity index (χ1) is 12.3. The number of imidazole rings is 2. The summed E-state index contributed by atoms with van der Waals surface area (Å²) in [6.07, 6.45) is 0. The number of ether oxygens (including phenoxy) is 1. The van der Waals surface area contributed by atoms with Crippen LogP contribution in [0.15, 0.2) is 9.59 Å². The second kappa shape index (κ2) is 6.45. The van der Waals surface area contributed by atoms with Gasteiger partial charge in [-0.25, -0.2) is 9.36 Å². The van der Waals surface area contributed by atoms with Crippen molar-refractivity contribution >= 4 is 22.9 Å². The molecule has 0 aliphatic carbocycles. The summed E-state index contributed by atoms with van der Waals surface area (Å²) < 4.78 is 10.4. The Hall–Kier alpha value is -2.88. The van der Waals surface area contributed by atoms with Gasteiger partial charge in [0, 0.05) is 25.0 Å². The van der Waals surface area contributed by atoms with Crippen molar-refractivity contribution in [3.63, 3.8) is 0 Å². The lowest BCUT2D eigenvalue weighted by atomic mass is 10.3. The summed E-state index contributed by atoms with van der Waals surface area (Å²) in [6.45, 7) is 5.28. The molecular formula is C16H21N5O5. The molecule has 0 unspecified atom stereocenters. The Morgan fingerprint density at radius 2 is 1.88 bits per heavy atom. The van der Waals surface area contributed by atoms with Gasteiger partial charge in [0.05, 0.1) is 13.2 Å². The molecule has 0 amide bonds. The predicted octanol–water partition coefficient (Wildman–Crippen LogP) is -0.678. The highest BCUT2D eigenvalue weighted by Gasteiger charge is 2.23. The van der Waals surface area contributed by atoms with Crippen LogP contribution in [0.1, 0.15) is 18.3 Å². The van der Waals surface area contributed by atoms with Crippen LogP contribution in [0.25, 0.3) is 16.9 Å². The molecule has 3 aromatic heterocycles. The fourth-order valence-electron chi connectivity index (χ4n) is 3.16. The molecule has 0 spiro atoms. The highest BCUT2D eigenvalue weighted by atomic mass is 16.5. The summed E-state index contributed by atoms with van der Waals surface area (Å²) in [5, 5.41) is 9.30. The van der Waals surface area contributed by atoms with E-state index in [9.17, 15) is 19.5 Å². The maximum absolute atomic E-state index is 13.0. The number of aryl methyl sites for hydroxylation is 2. The SMILES string of the molecule is CCOC(=O)Cn1c(=O)c2c(nc3n(CCO)c(C)c(C)n23)n(C)c1=O. The van der Waals surface area contributed by atoms with Crippen LogP contribution in [0.3, 0.4) is 0 Å². The number of aliphatic hydroxyl groups excluding tert-OH is 1. The zero-order valence-corrected chi connectivity index (χ0v) is 15.1. The number of nitrogens with zero attached hydrogens (tertiary/aromatic N) is 5. The number of aliphatic hydroxyl groups is 1. The van der Waals surface area contributed by atoms with Gasteiger partial charge in [0.25, 0.3) is 5.56 Å². The smallest absolute Gasteiger partial charge is 0.333 e. The van der Waals surface area contributed by atoms with E-state index in [1.54, 1.807) is 15.9 Å². The lowest BCUT2D eigenvalue weighted by molar-refractivity contribution is -0.143. The molecule has 0 saturated heterocycles. The normalized spacial score (nSPS) is 11.6. The Balaban J connectivity index is 2.39. The van der Waals surface area contributed by atoms with Crippen LogP contribution in [0.5, 0.6) is 0 Å². The largest absolute Gasteiger partial charge is 0.465 e. The quantitative estimate of drug-likeness (QED) is 0.601. The number of aromatic nitrogens is 5. The summed E-state index contributed by atoms with van der Waals surface area (Å²) >= 11 is 0. The topological polar surface area (TPSA) is 113 Å². The van der Waals surface area contributed by atoms with Crippen LogP contribution in [0, 0.1) is 13.8 Å². The molecule has 3 heterocycles. The van der Waals surface area contributed by atoms with E-state index in [4.69, 9.17) is 4.74 Å². The second-order valence-electron chi connectivity index (χ2n) is 6.00. The Morgan fingerprint density at radius 1 is 1.19 bits per heavy atom. The van der Waals surface area contributed by atoms with E-state index in [1.807, 2.05) is 13.8 Å². The van der Waals surface area contributed by atoms with Crippen molar-refractivity contribution in [3.8, 4) is 0 Å². The minimum atomic E-state index is -0.655. The molecule has 0 atom stereocenters. The van der Waals surface area contributed by atoms with Crippen molar-refractivity contribution in [3.05, 3.63) is 32.2 Å². The van der Waals surface area contributed by atoms with Gasteiger partial charge in [-0.1, -0.05) is 0 Å². The van der Waals surface area contributed by atoms with Crippen LogP contribution in [0.2, 0.25) is 0 Å². The fraction of sp³-hybridized carbons (Fsp3) is 0.500. The molecule has 1 N–H and O–H groups in total. The zero-order chi connectivity index (χ0) is 19.2. The van der Waals surface area contributed by atoms with Gasteiger partial charge in [0.1, 0.15) is 6.54 Å². The highest BCUT2D eigenvalue weighted by Crippen LogP contribution is 2.20. The van der Waals surface area contributed by atoms with Gasteiger partial charge in [-0.3, -0.25) is 18.6 Å². The Bertz CT molecular complexity index is 1130. The van der Waals surface area contributed by atoms with Crippen molar-refractivity contribution in [2.45, 2.75) is 33.9 Å². The number of esters is 1. The van der Waals surface area contributed by atoms with Crippen LogP contribution >= 0.6 is 0 Å². The monoisotopic (exact) mass is 363 g/mol. The number of rotatable bonds is 5. The van der Waals surface area contributed by atoms with Gasteiger partial charge in [-0.15, -0.1) is 0 Å². The van der Waals surface area contributed by atoms with E-state index in [1.165, 1.54) is 11.6 Å². The lowest BCUT2D eigenvalue weighted by Gasteiger charge is -2.08. The molecule has 3 rings (SSSR count). The minimum Gasteiger partial charge on any atom is -0.465 e. The number of carbonyl (C=O) groups is 1. The predicted molar refractivity (Wildman–Crippen MR) is 93.4 cm³/mol. The fourth-order valence-corrected chi connectivity index (χ4v) is 3.16. The third kappa shape index (κ3) is 2.45. The van der Waals surface area contributed by atoms with Crippen LogP contribution < -0.4 is 11.2 Å². The number of fused-ring (bicyclic) bond motifs is 3. The molecule has 140 valence electrons. The van der Waals surface area contributed by atoms with Crippen molar-refractivity contribution in [1.82, 2.24) is 23.1 Å². The van der Waals surface area contributed by atoms with Gasteiger partial charge in [0.15, 0.2) is 11.2 Å². The summed E-state index contributed by atoms with van der Waals surface area (Å²) in [6, 6.07) is 0. The van der Waals surface area contributed by atoms with Gasteiger partial charge in [-0.05, 0) is 20.8 Å². The standard InChI is InChI=1S/C16H21N5O5/c1-5-26-11(23)8-20-14(24)12-13(18(4)16(20)25)17-15-19(6-7-22)9(2)10(3)21(12)15/h22H,5-8H2,1-4H3. The highest BCUT2D eigenvalue weighted by molar-refractivity contribution is 5.77. The third-order valence-electron chi connectivity index (χ3n) is 4.55. The summed E-state index contributed by atoms with van der Waals surface area (Å²) in [4.78, 5) is 41.7. The number of hydrogen-bond donors (Lipinski definition) is 1. The molecule has 0 saturated carbocycles. The Labute approximate surface area is 147 Å². The lowest BCUT2D eigenvalue weighted by Crippen LogP contribution is -2.41. The molecule has 0 aliphatic heterocycles. The minimum absolute atomic E-state index is 0.0835.